The third kappa shape index (κ3) is 4.46. The molecule has 4 unspecified atom stereocenters. The van der Waals surface area contributed by atoms with Gasteiger partial charge in [-0.2, -0.15) is 0 Å². The fourth-order valence-corrected chi connectivity index (χ4v) is 4.14. The number of nitrogens with one attached hydrogen (secondary N) is 1. The molecule has 2 fully saturated rings. The Balaban J connectivity index is 1.79. The molecule has 0 aromatic heterocycles. The highest BCUT2D eigenvalue weighted by molar-refractivity contribution is 4.80. The Kier molecular flexibility index (Phi) is 6.35. The zero-order valence-corrected chi connectivity index (χ0v) is 14.0. The Bertz CT molecular complexity index is 273. The first-order valence-electron chi connectivity index (χ1n) is 8.90. The highest BCUT2D eigenvalue weighted by atomic mass is 16.5. The molecule has 0 aliphatic carbocycles. The van der Waals surface area contributed by atoms with Crippen LogP contribution in [0.25, 0.3) is 0 Å². The van der Waals surface area contributed by atoms with Crippen LogP contribution in [0.2, 0.25) is 0 Å². The Labute approximate surface area is 126 Å². The molecule has 2 aliphatic rings. The van der Waals surface area contributed by atoms with Crippen LogP contribution in [0, 0.1) is 29.6 Å². The van der Waals surface area contributed by atoms with Gasteiger partial charge in [0, 0.05) is 6.61 Å². The lowest BCUT2D eigenvalue weighted by molar-refractivity contribution is -0.0354. The SMILES string of the molecule is CC(C)C1CCOC(CC(C)C(C)C2CCNCC2)C1. The normalized spacial score (nSPS) is 32.2. The molecule has 2 nitrogen and oxygen atoms in total. The van der Waals surface area contributed by atoms with Crippen molar-refractivity contribution in [1.82, 2.24) is 5.32 Å². The number of rotatable bonds is 5. The lowest BCUT2D eigenvalue weighted by atomic mass is 9.75. The molecule has 2 rings (SSSR count). The van der Waals surface area contributed by atoms with E-state index in [0.29, 0.717) is 6.10 Å². The molecule has 0 bridgehead atoms. The lowest BCUT2D eigenvalue weighted by Gasteiger charge is -2.37. The van der Waals surface area contributed by atoms with E-state index in [1.54, 1.807) is 0 Å². The molecular formula is C18H35NO. The Morgan fingerprint density at radius 1 is 1.00 bits per heavy atom. The fourth-order valence-electron chi connectivity index (χ4n) is 4.14. The van der Waals surface area contributed by atoms with Gasteiger partial charge in [-0.25, -0.2) is 0 Å². The summed E-state index contributed by atoms with van der Waals surface area (Å²) in [7, 11) is 0. The molecule has 0 saturated carbocycles. The van der Waals surface area contributed by atoms with Crippen LogP contribution in [-0.2, 0) is 4.74 Å². The van der Waals surface area contributed by atoms with Gasteiger partial charge >= 0.3 is 0 Å². The zero-order valence-electron chi connectivity index (χ0n) is 14.0. The van der Waals surface area contributed by atoms with Gasteiger partial charge < -0.3 is 10.1 Å². The van der Waals surface area contributed by atoms with E-state index in [1.165, 1.54) is 45.2 Å². The van der Waals surface area contributed by atoms with E-state index in [-0.39, 0.29) is 0 Å². The molecule has 0 aromatic carbocycles. The number of hydrogen-bond acceptors (Lipinski definition) is 2. The summed E-state index contributed by atoms with van der Waals surface area (Å²) in [5, 5.41) is 3.48. The standard InChI is InChI=1S/C18H35NO/c1-13(2)17-7-10-20-18(12-17)11-14(3)15(4)16-5-8-19-9-6-16/h13-19H,5-12H2,1-4H3. The van der Waals surface area contributed by atoms with Crippen LogP contribution < -0.4 is 5.32 Å². The van der Waals surface area contributed by atoms with Gasteiger partial charge in [-0.1, -0.05) is 27.7 Å². The smallest absolute Gasteiger partial charge is 0.0580 e. The van der Waals surface area contributed by atoms with Gasteiger partial charge in [-0.15, -0.1) is 0 Å². The molecule has 2 heteroatoms. The van der Waals surface area contributed by atoms with E-state index >= 15 is 0 Å². The monoisotopic (exact) mass is 281 g/mol. The lowest BCUT2D eigenvalue weighted by Crippen LogP contribution is -2.35. The molecular weight excluding hydrogens is 246 g/mol. The van der Waals surface area contributed by atoms with E-state index in [9.17, 15) is 0 Å². The Morgan fingerprint density at radius 2 is 1.70 bits per heavy atom. The summed E-state index contributed by atoms with van der Waals surface area (Å²) < 4.78 is 6.05. The summed E-state index contributed by atoms with van der Waals surface area (Å²) in [6.07, 6.45) is 7.09. The van der Waals surface area contributed by atoms with Crippen molar-refractivity contribution in [2.45, 2.75) is 65.9 Å². The van der Waals surface area contributed by atoms with Crippen molar-refractivity contribution < 1.29 is 4.74 Å². The predicted octanol–water partition coefficient (Wildman–Crippen LogP) is 4.10. The van der Waals surface area contributed by atoms with Crippen molar-refractivity contribution in [3.8, 4) is 0 Å². The van der Waals surface area contributed by atoms with Crippen LogP contribution in [0.5, 0.6) is 0 Å². The van der Waals surface area contributed by atoms with Crippen LogP contribution in [0.1, 0.15) is 59.8 Å². The molecule has 0 amide bonds. The maximum Gasteiger partial charge on any atom is 0.0580 e. The third-order valence-electron chi connectivity index (χ3n) is 6.01. The first-order chi connectivity index (χ1) is 9.58. The van der Waals surface area contributed by atoms with E-state index in [1.807, 2.05) is 0 Å². The number of ether oxygens (including phenoxy) is 1. The van der Waals surface area contributed by atoms with Gasteiger partial charge in [0.25, 0.3) is 0 Å². The Morgan fingerprint density at radius 3 is 2.35 bits per heavy atom. The highest BCUT2D eigenvalue weighted by Crippen LogP contribution is 2.34. The molecule has 0 radical (unpaired) electrons. The minimum atomic E-state index is 0.523. The third-order valence-corrected chi connectivity index (χ3v) is 6.01. The summed E-state index contributed by atoms with van der Waals surface area (Å²) in [6, 6.07) is 0. The minimum absolute atomic E-state index is 0.523. The van der Waals surface area contributed by atoms with Crippen molar-refractivity contribution in [2.24, 2.45) is 29.6 Å². The van der Waals surface area contributed by atoms with Crippen LogP contribution in [-0.4, -0.2) is 25.8 Å². The van der Waals surface area contributed by atoms with E-state index in [0.717, 1.165) is 36.2 Å². The topological polar surface area (TPSA) is 21.3 Å². The summed E-state index contributed by atoms with van der Waals surface area (Å²) >= 11 is 0. The molecule has 0 aromatic rings. The number of hydrogen-bond donors (Lipinski definition) is 1. The predicted molar refractivity (Wildman–Crippen MR) is 85.8 cm³/mol. The van der Waals surface area contributed by atoms with Crippen molar-refractivity contribution >= 4 is 0 Å². The van der Waals surface area contributed by atoms with Crippen molar-refractivity contribution in [2.75, 3.05) is 19.7 Å². The highest BCUT2D eigenvalue weighted by Gasteiger charge is 2.30. The van der Waals surface area contributed by atoms with Crippen LogP contribution >= 0.6 is 0 Å². The second kappa shape index (κ2) is 7.79. The molecule has 20 heavy (non-hydrogen) atoms. The van der Waals surface area contributed by atoms with Crippen LogP contribution in [0.4, 0.5) is 0 Å². The molecule has 2 heterocycles. The van der Waals surface area contributed by atoms with Gasteiger partial charge in [0.1, 0.15) is 0 Å². The zero-order chi connectivity index (χ0) is 14.5. The summed E-state index contributed by atoms with van der Waals surface area (Å²) in [6.45, 7) is 13.1. The average Bonchev–Trinajstić information content (AvgIpc) is 2.47. The number of piperidine rings is 1. The second-order valence-electron chi connectivity index (χ2n) is 7.68. The molecule has 2 saturated heterocycles. The molecule has 4 atom stereocenters. The maximum absolute atomic E-state index is 6.05. The van der Waals surface area contributed by atoms with Gasteiger partial charge in [-0.05, 0) is 74.8 Å². The quantitative estimate of drug-likeness (QED) is 0.819. The van der Waals surface area contributed by atoms with E-state index in [4.69, 9.17) is 4.74 Å². The first kappa shape index (κ1) is 16.3. The average molecular weight is 281 g/mol. The van der Waals surface area contributed by atoms with Crippen molar-refractivity contribution in [1.29, 1.82) is 0 Å². The van der Waals surface area contributed by atoms with Gasteiger partial charge in [0.2, 0.25) is 0 Å². The van der Waals surface area contributed by atoms with Crippen LogP contribution in [0.15, 0.2) is 0 Å². The summed E-state index contributed by atoms with van der Waals surface area (Å²) in [5.41, 5.74) is 0. The second-order valence-corrected chi connectivity index (χ2v) is 7.68. The van der Waals surface area contributed by atoms with Crippen molar-refractivity contribution in [3.63, 3.8) is 0 Å². The van der Waals surface area contributed by atoms with Gasteiger partial charge in [0.05, 0.1) is 6.10 Å². The van der Waals surface area contributed by atoms with Crippen LogP contribution in [0.3, 0.4) is 0 Å². The first-order valence-corrected chi connectivity index (χ1v) is 8.90. The fraction of sp³-hybridized carbons (Fsp3) is 1.00. The van der Waals surface area contributed by atoms with Crippen molar-refractivity contribution in [3.05, 3.63) is 0 Å². The Hall–Kier alpha value is -0.0800. The molecule has 1 N–H and O–H groups in total. The summed E-state index contributed by atoms with van der Waals surface area (Å²) in [5.74, 6) is 4.28. The summed E-state index contributed by atoms with van der Waals surface area (Å²) in [4.78, 5) is 0. The van der Waals surface area contributed by atoms with E-state index < -0.39 is 0 Å². The molecule has 118 valence electrons. The maximum atomic E-state index is 6.05. The molecule has 0 spiro atoms. The van der Waals surface area contributed by atoms with Gasteiger partial charge in [-0.3, -0.25) is 0 Å². The largest absolute Gasteiger partial charge is 0.378 e. The van der Waals surface area contributed by atoms with Gasteiger partial charge in [0.15, 0.2) is 0 Å². The van der Waals surface area contributed by atoms with E-state index in [2.05, 4.69) is 33.0 Å². The molecule has 2 aliphatic heterocycles. The minimum Gasteiger partial charge on any atom is -0.378 e.